The molecular weight excluding hydrogens is 236 g/mol. The molecule has 90 valence electrons. The second-order valence-corrected chi connectivity index (χ2v) is 4.00. The maximum atomic E-state index is 13.1. The van der Waals surface area contributed by atoms with Crippen molar-refractivity contribution < 1.29 is 8.78 Å². The van der Waals surface area contributed by atoms with Crippen LogP contribution in [0.4, 0.5) is 8.78 Å². The molecule has 2 heterocycles. The van der Waals surface area contributed by atoms with E-state index in [2.05, 4.69) is 15.0 Å². The predicted molar refractivity (Wildman–Crippen MR) is 63.1 cm³/mol. The van der Waals surface area contributed by atoms with Crippen molar-refractivity contribution in [2.75, 3.05) is 0 Å². The van der Waals surface area contributed by atoms with Crippen LogP contribution >= 0.6 is 0 Å². The monoisotopic (exact) mass is 245 g/mol. The number of rotatable bonds is 2. The lowest BCUT2D eigenvalue weighted by Gasteiger charge is -1.99. The van der Waals surface area contributed by atoms with E-state index in [1.165, 1.54) is 6.07 Å². The number of hydrogen-bond acceptors (Lipinski definition) is 2. The molecule has 0 unspecified atom stereocenters. The third-order valence-electron chi connectivity index (χ3n) is 2.69. The topological polar surface area (TPSA) is 41.6 Å². The summed E-state index contributed by atoms with van der Waals surface area (Å²) in [5.41, 5.74) is 2.30. The van der Waals surface area contributed by atoms with Gasteiger partial charge in [-0.1, -0.05) is 6.07 Å². The zero-order valence-corrected chi connectivity index (χ0v) is 9.32. The zero-order valence-electron chi connectivity index (χ0n) is 9.32. The van der Waals surface area contributed by atoms with Gasteiger partial charge in [0, 0.05) is 12.6 Å². The fraction of sp³-hybridized carbons (Fsp3) is 0.0769. The van der Waals surface area contributed by atoms with E-state index in [0.717, 1.165) is 17.1 Å². The Bertz CT molecular complexity index is 673. The Labute approximate surface area is 102 Å². The number of nitrogens with one attached hydrogen (secondary N) is 1. The van der Waals surface area contributed by atoms with E-state index in [-0.39, 0.29) is 0 Å². The Morgan fingerprint density at radius 3 is 2.78 bits per heavy atom. The number of hydrogen-bond donors (Lipinski definition) is 1. The van der Waals surface area contributed by atoms with Gasteiger partial charge in [0.15, 0.2) is 11.6 Å². The maximum Gasteiger partial charge on any atom is 0.159 e. The van der Waals surface area contributed by atoms with Crippen molar-refractivity contribution >= 4 is 11.0 Å². The molecule has 1 aromatic carbocycles. The second kappa shape index (κ2) is 4.18. The number of fused-ring (bicyclic) bond motifs is 1. The molecule has 0 fully saturated rings. The summed E-state index contributed by atoms with van der Waals surface area (Å²) in [6.45, 7) is 0. The normalized spacial score (nSPS) is 11.0. The standard InChI is InChI=1S/C13H9F2N3/c14-9-2-1-8(5-10(9)15)6-13-17-11-3-4-16-7-12(11)18-13/h1-5,7H,6H2,(H,17,18). The van der Waals surface area contributed by atoms with Crippen molar-refractivity contribution in [2.45, 2.75) is 6.42 Å². The predicted octanol–water partition coefficient (Wildman–Crippen LogP) is 2.83. The summed E-state index contributed by atoms with van der Waals surface area (Å²) >= 11 is 0. The van der Waals surface area contributed by atoms with Crippen molar-refractivity contribution in [1.82, 2.24) is 15.0 Å². The molecule has 2 aromatic heterocycles. The van der Waals surface area contributed by atoms with Crippen molar-refractivity contribution in [3.8, 4) is 0 Å². The van der Waals surface area contributed by atoms with E-state index in [0.29, 0.717) is 17.8 Å². The van der Waals surface area contributed by atoms with E-state index in [9.17, 15) is 8.78 Å². The first-order chi connectivity index (χ1) is 8.72. The first-order valence-electron chi connectivity index (χ1n) is 5.45. The van der Waals surface area contributed by atoms with E-state index in [1.807, 2.05) is 0 Å². The lowest BCUT2D eigenvalue weighted by atomic mass is 10.1. The zero-order chi connectivity index (χ0) is 12.5. The second-order valence-electron chi connectivity index (χ2n) is 4.00. The van der Waals surface area contributed by atoms with Crippen LogP contribution in [0.3, 0.4) is 0 Å². The summed E-state index contributed by atoms with van der Waals surface area (Å²) in [7, 11) is 0. The molecule has 0 radical (unpaired) electrons. The molecule has 3 nitrogen and oxygen atoms in total. The average Bonchev–Trinajstić information content (AvgIpc) is 2.76. The summed E-state index contributed by atoms with van der Waals surface area (Å²) in [6, 6.07) is 5.64. The molecule has 0 bridgehead atoms. The molecule has 0 aliphatic carbocycles. The molecular formula is C13H9F2N3. The molecule has 0 saturated carbocycles. The average molecular weight is 245 g/mol. The molecule has 0 aliphatic heterocycles. The minimum Gasteiger partial charge on any atom is -0.340 e. The molecule has 0 spiro atoms. The molecule has 3 aromatic rings. The number of H-pyrrole nitrogens is 1. The van der Waals surface area contributed by atoms with Gasteiger partial charge in [-0.25, -0.2) is 13.8 Å². The smallest absolute Gasteiger partial charge is 0.159 e. The van der Waals surface area contributed by atoms with Crippen molar-refractivity contribution in [3.05, 3.63) is 59.7 Å². The van der Waals surface area contributed by atoms with Crippen LogP contribution in [0.25, 0.3) is 11.0 Å². The van der Waals surface area contributed by atoms with Crippen molar-refractivity contribution in [1.29, 1.82) is 0 Å². The van der Waals surface area contributed by atoms with Gasteiger partial charge in [-0.3, -0.25) is 4.98 Å². The van der Waals surface area contributed by atoms with Crippen LogP contribution in [0.15, 0.2) is 36.7 Å². The van der Waals surface area contributed by atoms with Gasteiger partial charge in [0.25, 0.3) is 0 Å². The van der Waals surface area contributed by atoms with Crippen LogP contribution in [-0.4, -0.2) is 15.0 Å². The lowest BCUT2D eigenvalue weighted by Crippen LogP contribution is -1.93. The van der Waals surface area contributed by atoms with Crippen LogP contribution in [-0.2, 0) is 6.42 Å². The van der Waals surface area contributed by atoms with Gasteiger partial charge < -0.3 is 4.98 Å². The Morgan fingerprint density at radius 2 is 2.00 bits per heavy atom. The summed E-state index contributed by atoms with van der Waals surface area (Å²) in [4.78, 5) is 11.4. The molecule has 5 heteroatoms. The highest BCUT2D eigenvalue weighted by molar-refractivity contribution is 5.73. The van der Waals surface area contributed by atoms with Crippen molar-refractivity contribution in [2.24, 2.45) is 0 Å². The highest BCUT2D eigenvalue weighted by atomic mass is 19.2. The van der Waals surface area contributed by atoms with Gasteiger partial charge in [-0.15, -0.1) is 0 Å². The third kappa shape index (κ3) is 1.95. The molecule has 0 atom stereocenters. The number of imidazole rings is 1. The molecule has 3 rings (SSSR count). The number of pyridine rings is 1. The van der Waals surface area contributed by atoms with Gasteiger partial charge in [-0.2, -0.15) is 0 Å². The van der Waals surface area contributed by atoms with Crippen LogP contribution in [0.2, 0.25) is 0 Å². The van der Waals surface area contributed by atoms with Crippen LogP contribution in [0, 0.1) is 11.6 Å². The molecule has 0 saturated heterocycles. The molecule has 0 aliphatic rings. The van der Waals surface area contributed by atoms with Gasteiger partial charge >= 0.3 is 0 Å². The van der Waals surface area contributed by atoms with Gasteiger partial charge in [0.05, 0.1) is 17.2 Å². The Kier molecular flexibility index (Phi) is 2.51. The fourth-order valence-corrected chi connectivity index (χ4v) is 1.84. The minimum absolute atomic E-state index is 0.423. The summed E-state index contributed by atoms with van der Waals surface area (Å²) in [5, 5.41) is 0. The number of nitrogens with zero attached hydrogens (tertiary/aromatic N) is 2. The largest absolute Gasteiger partial charge is 0.340 e. The van der Waals surface area contributed by atoms with Crippen molar-refractivity contribution in [3.63, 3.8) is 0 Å². The Hall–Kier alpha value is -2.30. The SMILES string of the molecule is Fc1ccc(Cc2nc3ccncc3[nH]2)cc1F. The van der Waals surface area contributed by atoms with Gasteiger partial charge in [0.2, 0.25) is 0 Å². The van der Waals surface area contributed by atoms with E-state index >= 15 is 0 Å². The van der Waals surface area contributed by atoms with Gasteiger partial charge in [-0.05, 0) is 23.8 Å². The summed E-state index contributed by atoms with van der Waals surface area (Å²) in [5.74, 6) is -0.984. The highest BCUT2D eigenvalue weighted by Gasteiger charge is 2.06. The van der Waals surface area contributed by atoms with Gasteiger partial charge in [0.1, 0.15) is 5.82 Å². The number of aromatic amines is 1. The number of aromatic nitrogens is 3. The van der Waals surface area contributed by atoms with Crippen LogP contribution in [0.1, 0.15) is 11.4 Å². The molecule has 18 heavy (non-hydrogen) atoms. The maximum absolute atomic E-state index is 13.1. The van der Waals surface area contributed by atoms with E-state index in [1.54, 1.807) is 24.5 Å². The highest BCUT2D eigenvalue weighted by Crippen LogP contribution is 2.14. The van der Waals surface area contributed by atoms with Crippen LogP contribution < -0.4 is 0 Å². The third-order valence-corrected chi connectivity index (χ3v) is 2.69. The molecule has 0 amide bonds. The fourth-order valence-electron chi connectivity index (χ4n) is 1.84. The minimum atomic E-state index is -0.842. The Balaban J connectivity index is 1.93. The first-order valence-corrected chi connectivity index (χ1v) is 5.45. The van der Waals surface area contributed by atoms with E-state index < -0.39 is 11.6 Å². The first kappa shape index (κ1) is 10.8. The Morgan fingerprint density at radius 1 is 1.11 bits per heavy atom. The van der Waals surface area contributed by atoms with E-state index in [4.69, 9.17) is 0 Å². The quantitative estimate of drug-likeness (QED) is 0.754. The lowest BCUT2D eigenvalue weighted by molar-refractivity contribution is 0.507. The van der Waals surface area contributed by atoms with Crippen LogP contribution in [0.5, 0.6) is 0 Å². The summed E-state index contributed by atoms with van der Waals surface area (Å²) in [6.07, 6.45) is 3.76. The summed E-state index contributed by atoms with van der Waals surface area (Å²) < 4.78 is 25.9. The number of benzene rings is 1. The number of halogens is 2. The molecule has 1 N–H and O–H groups in total.